The Hall–Kier alpha value is -1.57. The molecule has 21 heavy (non-hydrogen) atoms. The van der Waals surface area contributed by atoms with Gasteiger partial charge in [-0.05, 0) is 55.5 Å². The lowest BCUT2D eigenvalue weighted by Gasteiger charge is -2.07. The molecule has 0 radical (unpaired) electrons. The first-order valence-corrected chi connectivity index (χ1v) is 8.21. The number of rotatable bonds is 10. The Morgan fingerprint density at radius 2 is 1.62 bits per heavy atom. The summed E-state index contributed by atoms with van der Waals surface area (Å²) in [4.78, 5) is 12.6. The summed E-state index contributed by atoms with van der Waals surface area (Å²) >= 11 is 0. The van der Waals surface area contributed by atoms with Gasteiger partial charge in [-0.1, -0.05) is 45.6 Å². The summed E-state index contributed by atoms with van der Waals surface area (Å²) < 4.78 is 0. The number of hydrogen-bond acceptors (Lipinski definition) is 2. The summed E-state index contributed by atoms with van der Waals surface area (Å²) in [5.74, 6) is 0.314. The Labute approximate surface area is 128 Å². The average molecular weight is 288 g/mol. The van der Waals surface area contributed by atoms with Crippen LogP contribution in [0, 0.1) is 0 Å². The van der Waals surface area contributed by atoms with E-state index in [0.29, 0.717) is 5.56 Å². The minimum atomic E-state index is 0.114. The molecule has 1 N–H and O–H groups in total. The van der Waals surface area contributed by atoms with Gasteiger partial charge < -0.3 is 5.11 Å². The maximum atomic E-state index is 12.6. The van der Waals surface area contributed by atoms with Gasteiger partial charge >= 0.3 is 0 Å². The Morgan fingerprint density at radius 3 is 2.24 bits per heavy atom. The number of unbranched alkanes of at least 4 members (excludes halogenated alkanes) is 5. The predicted molar refractivity (Wildman–Crippen MR) is 88.8 cm³/mol. The van der Waals surface area contributed by atoms with Gasteiger partial charge in [-0.15, -0.1) is 0 Å². The number of allylic oxidation sites excluding steroid dienone is 2. The van der Waals surface area contributed by atoms with Gasteiger partial charge in [-0.25, -0.2) is 0 Å². The highest BCUT2D eigenvalue weighted by Gasteiger charge is 2.11. The van der Waals surface area contributed by atoms with E-state index in [1.165, 1.54) is 12.8 Å². The summed E-state index contributed by atoms with van der Waals surface area (Å²) in [5, 5.41) is 9.32. The normalized spacial score (nSPS) is 11.6. The van der Waals surface area contributed by atoms with Gasteiger partial charge in [0.2, 0.25) is 0 Å². The minimum absolute atomic E-state index is 0.114. The fourth-order valence-electron chi connectivity index (χ4n) is 2.34. The third kappa shape index (κ3) is 6.61. The third-order valence-electron chi connectivity index (χ3n) is 3.67. The van der Waals surface area contributed by atoms with E-state index >= 15 is 0 Å². The van der Waals surface area contributed by atoms with Gasteiger partial charge in [0, 0.05) is 5.56 Å². The number of hydrogen-bond donors (Lipinski definition) is 1. The van der Waals surface area contributed by atoms with E-state index in [4.69, 9.17) is 0 Å². The fourth-order valence-corrected chi connectivity index (χ4v) is 2.34. The van der Waals surface area contributed by atoms with Crippen molar-refractivity contribution >= 4 is 5.78 Å². The molecule has 2 heteroatoms. The van der Waals surface area contributed by atoms with Crippen molar-refractivity contribution in [3.05, 3.63) is 41.5 Å². The van der Waals surface area contributed by atoms with Gasteiger partial charge in [-0.3, -0.25) is 4.79 Å². The molecule has 0 aliphatic rings. The lowest BCUT2D eigenvalue weighted by Crippen LogP contribution is -2.04. The Balaban J connectivity index is 2.73. The Bertz CT molecular complexity index is 443. The second kappa shape index (κ2) is 10.2. The van der Waals surface area contributed by atoms with E-state index in [-0.39, 0.29) is 11.5 Å². The van der Waals surface area contributed by atoms with Crippen LogP contribution < -0.4 is 0 Å². The SMILES string of the molecule is CCCCC/C=C(\CCCCC)C(=O)c1ccc(O)cc1. The Morgan fingerprint density at radius 1 is 1.00 bits per heavy atom. The van der Waals surface area contributed by atoms with Crippen molar-refractivity contribution in [2.24, 2.45) is 0 Å². The summed E-state index contributed by atoms with van der Waals surface area (Å²) in [6.07, 6.45) is 10.9. The molecule has 116 valence electrons. The van der Waals surface area contributed by atoms with E-state index < -0.39 is 0 Å². The minimum Gasteiger partial charge on any atom is -0.508 e. The van der Waals surface area contributed by atoms with Crippen LogP contribution in [0.4, 0.5) is 0 Å². The highest BCUT2D eigenvalue weighted by Crippen LogP contribution is 2.19. The van der Waals surface area contributed by atoms with Crippen LogP contribution >= 0.6 is 0 Å². The zero-order chi connectivity index (χ0) is 15.5. The number of benzene rings is 1. The van der Waals surface area contributed by atoms with Crippen LogP contribution in [-0.2, 0) is 0 Å². The number of aromatic hydroxyl groups is 1. The predicted octanol–water partition coefficient (Wildman–Crippen LogP) is 5.66. The molecule has 0 unspecified atom stereocenters. The molecular formula is C19H28O2. The zero-order valence-electron chi connectivity index (χ0n) is 13.4. The molecule has 1 aromatic rings. The van der Waals surface area contributed by atoms with Crippen molar-refractivity contribution in [1.82, 2.24) is 0 Å². The van der Waals surface area contributed by atoms with E-state index in [0.717, 1.165) is 44.1 Å². The molecule has 0 heterocycles. The van der Waals surface area contributed by atoms with Gasteiger partial charge in [0.05, 0.1) is 0 Å². The van der Waals surface area contributed by atoms with Gasteiger partial charge in [0.1, 0.15) is 5.75 Å². The maximum absolute atomic E-state index is 12.6. The van der Waals surface area contributed by atoms with Crippen LogP contribution in [0.2, 0.25) is 0 Å². The van der Waals surface area contributed by atoms with E-state index in [9.17, 15) is 9.90 Å². The van der Waals surface area contributed by atoms with E-state index in [1.54, 1.807) is 24.3 Å². The summed E-state index contributed by atoms with van der Waals surface area (Å²) in [6.45, 7) is 4.36. The topological polar surface area (TPSA) is 37.3 Å². The number of phenolic OH excluding ortho intramolecular Hbond substituents is 1. The first kappa shape index (κ1) is 17.5. The molecule has 0 aliphatic heterocycles. The lowest BCUT2D eigenvalue weighted by molar-refractivity contribution is 0.103. The van der Waals surface area contributed by atoms with E-state index in [2.05, 4.69) is 19.9 Å². The van der Waals surface area contributed by atoms with Gasteiger partial charge in [0.25, 0.3) is 0 Å². The van der Waals surface area contributed by atoms with Crippen LogP contribution in [0.25, 0.3) is 0 Å². The number of phenols is 1. The molecule has 0 atom stereocenters. The first-order valence-electron chi connectivity index (χ1n) is 8.21. The molecule has 0 amide bonds. The summed E-state index contributed by atoms with van der Waals surface area (Å²) in [6, 6.07) is 6.57. The quantitative estimate of drug-likeness (QED) is 0.342. The molecular weight excluding hydrogens is 260 g/mol. The molecule has 1 rings (SSSR count). The van der Waals surface area contributed by atoms with Crippen molar-refractivity contribution < 1.29 is 9.90 Å². The second-order valence-electron chi connectivity index (χ2n) is 5.56. The van der Waals surface area contributed by atoms with Crippen LogP contribution in [-0.4, -0.2) is 10.9 Å². The molecule has 0 aromatic heterocycles. The molecule has 1 aromatic carbocycles. The van der Waals surface area contributed by atoms with Crippen LogP contribution in [0.15, 0.2) is 35.9 Å². The average Bonchev–Trinajstić information content (AvgIpc) is 2.50. The molecule has 0 spiro atoms. The fraction of sp³-hybridized carbons (Fsp3) is 0.526. The smallest absolute Gasteiger partial charge is 0.188 e. The maximum Gasteiger partial charge on any atom is 0.188 e. The van der Waals surface area contributed by atoms with E-state index in [1.807, 2.05) is 0 Å². The van der Waals surface area contributed by atoms with Crippen LogP contribution in [0.3, 0.4) is 0 Å². The van der Waals surface area contributed by atoms with Crippen molar-refractivity contribution in [2.75, 3.05) is 0 Å². The Kier molecular flexibility index (Phi) is 8.49. The van der Waals surface area contributed by atoms with Crippen molar-refractivity contribution in [3.8, 4) is 5.75 Å². The van der Waals surface area contributed by atoms with Crippen molar-refractivity contribution in [3.63, 3.8) is 0 Å². The molecule has 2 nitrogen and oxygen atoms in total. The molecule has 0 saturated heterocycles. The summed E-state index contributed by atoms with van der Waals surface area (Å²) in [7, 11) is 0. The molecule has 0 fully saturated rings. The number of ketones is 1. The summed E-state index contributed by atoms with van der Waals surface area (Å²) in [5.41, 5.74) is 1.61. The second-order valence-corrected chi connectivity index (χ2v) is 5.56. The van der Waals surface area contributed by atoms with Crippen molar-refractivity contribution in [2.45, 2.75) is 65.2 Å². The highest BCUT2D eigenvalue weighted by atomic mass is 16.3. The molecule has 0 saturated carbocycles. The zero-order valence-corrected chi connectivity index (χ0v) is 13.4. The molecule has 0 bridgehead atoms. The standard InChI is InChI=1S/C19H28O2/c1-3-5-7-9-11-16(10-8-6-4-2)19(21)17-12-14-18(20)15-13-17/h11-15,20H,3-10H2,1-2H3/b16-11+. The number of Topliss-reactive ketones (excluding diaryl/α,β-unsaturated/α-hetero) is 1. The largest absolute Gasteiger partial charge is 0.508 e. The third-order valence-corrected chi connectivity index (χ3v) is 3.67. The number of carbonyl (C=O) groups is 1. The highest BCUT2D eigenvalue weighted by molar-refractivity contribution is 6.08. The lowest BCUT2D eigenvalue weighted by atomic mass is 9.96. The molecule has 0 aliphatic carbocycles. The van der Waals surface area contributed by atoms with Crippen LogP contribution in [0.5, 0.6) is 5.75 Å². The van der Waals surface area contributed by atoms with Crippen molar-refractivity contribution in [1.29, 1.82) is 0 Å². The van der Waals surface area contributed by atoms with Crippen LogP contribution in [0.1, 0.15) is 75.6 Å². The van der Waals surface area contributed by atoms with Gasteiger partial charge in [0.15, 0.2) is 5.78 Å². The monoisotopic (exact) mass is 288 g/mol. The first-order chi connectivity index (χ1) is 10.2. The van der Waals surface area contributed by atoms with Gasteiger partial charge in [-0.2, -0.15) is 0 Å². The number of carbonyl (C=O) groups excluding carboxylic acids is 1.